The van der Waals surface area contributed by atoms with Gasteiger partial charge in [0.05, 0.1) is 6.54 Å². The predicted molar refractivity (Wildman–Crippen MR) is 117 cm³/mol. The standard InChI is InChI=1S/C24H19FN4O4/c25-19-4-2-1-3-17(19)12-27-24(30)15-5-8-18(9-6-15)26-13-22-28-23(29-33-22)16-7-10-20-21(11-16)32-14-31-20/h1-11,26H,12-14H2,(H,27,30). The lowest BCUT2D eigenvalue weighted by atomic mass is 10.1. The molecule has 2 heterocycles. The summed E-state index contributed by atoms with van der Waals surface area (Å²) < 4.78 is 29.7. The van der Waals surface area contributed by atoms with Crippen LogP contribution < -0.4 is 20.1 Å². The number of nitrogens with one attached hydrogen (secondary N) is 2. The largest absolute Gasteiger partial charge is 0.454 e. The normalized spacial score (nSPS) is 11.9. The fourth-order valence-electron chi connectivity index (χ4n) is 3.32. The third-order valence-corrected chi connectivity index (χ3v) is 5.09. The van der Waals surface area contributed by atoms with Gasteiger partial charge in [0, 0.05) is 28.9 Å². The van der Waals surface area contributed by atoms with Crippen LogP contribution in [0.25, 0.3) is 11.4 Å². The summed E-state index contributed by atoms with van der Waals surface area (Å²) in [6, 6.07) is 18.7. The van der Waals surface area contributed by atoms with Gasteiger partial charge < -0.3 is 24.6 Å². The van der Waals surface area contributed by atoms with Gasteiger partial charge in [-0.2, -0.15) is 4.98 Å². The van der Waals surface area contributed by atoms with E-state index in [2.05, 4.69) is 20.8 Å². The second kappa shape index (κ2) is 8.99. The van der Waals surface area contributed by atoms with E-state index in [0.717, 1.165) is 11.3 Å². The lowest BCUT2D eigenvalue weighted by Gasteiger charge is -2.08. The average Bonchev–Trinajstić information content (AvgIpc) is 3.51. The Hall–Kier alpha value is -4.40. The number of halogens is 1. The summed E-state index contributed by atoms with van der Waals surface area (Å²) in [6.45, 7) is 0.636. The Bertz CT molecular complexity index is 1290. The molecule has 0 spiro atoms. The summed E-state index contributed by atoms with van der Waals surface area (Å²) in [6.07, 6.45) is 0. The molecule has 1 aliphatic heterocycles. The van der Waals surface area contributed by atoms with Gasteiger partial charge in [0.2, 0.25) is 18.5 Å². The molecule has 2 N–H and O–H groups in total. The molecule has 0 unspecified atom stereocenters. The van der Waals surface area contributed by atoms with E-state index in [4.69, 9.17) is 14.0 Å². The molecule has 0 saturated carbocycles. The minimum absolute atomic E-state index is 0.119. The molecular formula is C24H19FN4O4. The molecule has 1 aromatic heterocycles. The molecule has 1 aliphatic rings. The number of carbonyl (C=O) groups excluding carboxylic acids is 1. The predicted octanol–water partition coefficient (Wildman–Crippen LogP) is 4.15. The van der Waals surface area contributed by atoms with Gasteiger partial charge in [-0.1, -0.05) is 23.4 Å². The molecule has 8 nitrogen and oxygen atoms in total. The van der Waals surface area contributed by atoms with E-state index in [1.807, 2.05) is 6.07 Å². The fourth-order valence-corrected chi connectivity index (χ4v) is 3.32. The Morgan fingerprint density at radius 3 is 2.64 bits per heavy atom. The first-order valence-electron chi connectivity index (χ1n) is 10.2. The van der Waals surface area contributed by atoms with Crippen LogP contribution in [0.3, 0.4) is 0 Å². The maximum Gasteiger partial charge on any atom is 0.251 e. The van der Waals surface area contributed by atoms with Crippen molar-refractivity contribution in [3.63, 3.8) is 0 Å². The highest BCUT2D eigenvalue weighted by Gasteiger charge is 2.16. The number of fused-ring (bicyclic) bond motifs is 1. The number of aromatic nitrogens is 2. The number of carbonyl (C=O) groups is 1. The topological polar surface area (TPSA) is 98.5 Å². The highest BCUT2D eigenvalue weighted by atomic mass is 19.1. The Labute approximate surface area is 188 Å². The number of hydrogen-bond donors (Lipinski definition) is 2. The summed E-state index contributed by atoms with van der Waals surface area (Å²) in [5, 5.41) is 9.91. The van der Waals surface area contributed by atoms with Crippen LogP contribution in [-0.4, -0.2) is 22.8 Å². The zero-order valence-electron chi connectivity index (χ0n) is 17.4. The van der Waals surface area contributed by atoms with Gasteiger partial charge in [0.25, 0.3) is 5.91 Å². The van der Waals surface area contributed by atoms with Crippen LogP contribution in [0.5, 0.6) is 11.5 Å². The maximum absolute atomic E-state index is 13.7. The number of nitrogens with zero attached hydrogens (tertiary/aromatic N) is 2. The molecule has 0 bridgehead atoms. The van der Waals surface area contributed by atoms with E-state index >= 15 is 0 Å². The number of ether oxygens (including phenoxy) is 2. The number of benzene rings is 3. The Morgan fingerprint density at radius 2 is 1.79 bits per heavy atom. The molecule has 3 aromatic carbocycles. The highest BCUT2D eigenvalue weighted by molar-refractivity contribution is 5.94. The first-order chi connectivity index (χ1) is 16.2. The van der Waals surface area contributed by atoms with E-state index in [9.17, 15) is 9.18 Å². The highest BCUT2D eigenvalue weighted by Crippen LogP contribution is 2.35. The second-order valence-corrected chi connectivity index (χ2v) is 7.28. The van der Waals surface area contributed by atoms with Crippen molar-refractivity contribution < 1.29 is 23.2 Å². The van der Waals surface area contributed by atoms with Crippen molar-refractivity contribution in [2.24, 2.45) is 0 Å². The monoisotopic (exact) mass is 446 g/mol. The second-order valence-electron chi connectivity index (χ2n) is 7.28. The van der Waals surface area contributed by atoms with Gasteiger partial charge in [-0.25, -0.2) is 4.39 Å². The molecule has 0 fully saturated rings. The zero-order chi connectivity index (χ0) is 22.6. The van der Waals surface area contributed by atoms with E-state index in [1.54, 1.807) is 54.6 Å². The molecule has 166 valence electrons. The first-order valence-corrected chi connectivity index (χ1v) is 10.2. The van der Waals surface area contributed by atoms with Crippen LogP contribution in [0.2, 0.25) is 0 Å². The molecule has 0 aliphatic carbocycles. The van der Waals surface area contributed by atoms with Crippen molar-refractivity contribution in [1.29, 1.82) is 0 Å². The number of amides is 1. The van der Waals surface area contributed by atoms with Crippen LogP contribution in [0.4, 0.5) is 10.1 Å². The van der Waals surface area contributed by atoms with Crippen LogP contribution in [0.1, 0.15) is 21.8 Å². The molecule has 5 rings (SSSR count). The summed E-state index contributed by atoms with van der Waals surface area (Å²) in [7, 11) is 0. The molecule has 9 heteroatoms. The summed E-state index contributed by atoms with van der Waals surface area (Å²) >= 11 is 0. The van der Waals surface area contributed by atoms with Gasteiger partial charge in [-0.3, -0.25) is 4.79 Å². The molecule has 0 saturated heterocycles. The fraction of sp³-hybridized carbons (Fsp3) is 0.125. The van der Waals surface area contributed by atoms with Crippen LogP contribution in [0, 0.1) is 5.82 Å². The maximum atomic E-state index is 13.7. The van der Waals surface area contributed by atoms with Gasteiger partial charge in [-0.05, 0) is 48.5 Å². The zero-order valence-corrected chi connectivity index (χ0v) is 17.4. The molecule has 4 aromatic rings. The third-order valence-electron chi connectivity index (χ3n) is 5.09. The van der Waals surface area contributed by atoms with Crippen molar-refractivity contribution in [3.8, 4) is 22.9 Å². The van der Waals surface area contributed by atoms with E-state index < -0.39 is 0 Å². The molecule has 33 heavy (non-hydrogen) atoms. The van der Waals surface area contributed by atoms with Crippen molar-refractivity contribution in [2.45, 2.75) is 13.1 Å². The van der Waals surface area contributed by atoms with Crippen molar-refractivity contribution in [3.05, 3.63) is 89.6 Å². The summed E-state index contributed by atoms with van der Waals surface area (Å²) in [4.78, 5) is 16.7. The number of anilines is 1. The number of hydrogen-bond acceptors (Lipinski definition) is 7. The minimum atomic E-state index is -0.347. The smallest absolute Gasteiger partial charge is 0.251 e. The van der Waals surface area contributed by atoms with Gasteiger partial charge in [-0.15, -0.1) is 0 Å². The average molecular weight is 446 g/mol. The van der Waals surface area contributed by atoms with Crippen molar-refractivity contribution in [1.82, 2.24) is 15.5 Å². The molecule has 0 atom stereocenters. The molecular weight excluding hydrogens is 427 g/mol. The third kappa shape index (κ3) is 4.62. The van der Waals surface area contributed by atoms with Gasteiger partial charge in [0.15, 0.2) is 11.5 Å². The Morgan fingerprint density at radius 1 is 0.970 bits per heavy atom. The van der Waals surface area contributed by atoms with E-state index in [0.29, 0.717) is 40.9 Å². The number of rotatable bonds is 7. The SMILES string of the molecule is O=C(NCc1ccccc1F)c1ccc(NCc2nc(-c3ccc4c(c3)OCO4)no2)cc1. The minimum Gasteiger partial charge on any atom is -0.454 e. The van der Waals surface area contributed by atoms with Gasteiger partial charge >= 0.3 is 0 Å². The Kier molecular flexibility index (Phi) is 5.59. The van der Waals surface area contributed by atoms with Crippen LogP contribution in [0.15, 0.2) is 71.3 Å². The summed E-state index contributed by atoms with van der Waals surface area (Å²) in [5.74, 6) is 1.57. The first kappa shape index (κ1) is 20.5. The Balaban J connectivity index is 1.16. The molecule has 0 radical (unpaired) electrons. The van der Waals surface area contributed by atoms with Crippen molar-refractivity contribution >= 4 is 11.6 Å². The van der Waals surface area contributed by atoms with Gasteiger partial charge in [0.1, 0.15) is 5.82 Å². The van der Waals surface area contributed by atoms with Crippen molar-refractivity contribution in [2.75, 3.05) is 12.1 Å². The summed E-state index contributed by atoms with van der Waals surface area (Å²) in [5.41, 5.74) is 2.45. The van der Waals surface area contributed by atoms with Crippen LogP contribution >= 0.6 is 0 Å². The van der Waals surface area contributed by atoms with E-state index in [-0.39, 0.29) is 25.1 Å². The lowest BCUT2D eigenvalue weighted by molar-refractivity contribution is 0.0950. The molecule has 1 amide bonds. The van der Waals surface area contributed by atoms with Crippen LogP contribution in [-0.2, 0) is 13.1 Å². The lowest BCUT2D eigenvalue weighted by Crippen LogP contribution is -2.23. The quantitative estimate of drug-likeness (QED) is 0.440. The van der Waals surface area contributed by atoms with E-state index in [1.165, 1.54) is 6.07 Å².